The number of methoxy groups -OCH3 is 2. The van der Waals surface area contributed by atoms with E-state index in [-0.39, 0.29) is 5.91 Å². The van der Waals surface area contributed by atoms with Crippen molar-refractivity contribution in [1.29, 1.82) is 0 Å². The number of nitrogens with zero attached hydrogens (tertiary/aromatic N) is 1. The summed E-state index contributed by atoms with van der Waals surface area (Å²) < 4.78 is 10.6. The minimum Gasteiger partial charge on any atom is -0.496 e. The van der Waals surface area contributed by atoms with E-state index in [1.165, 1.54) is 0 Å². The van der Waals surface area contributed by atoms with Crippen LogP contribution in [0.2, 0.25) is 0 Å². The highest BCUT2D eigenvalue weighted by Crippen LogP contribution is 2.29. The van der Waals surface area contributed by atoms with Crippen LogP contribution in [0.3, 0.4) is 0 Å². The van der Waals surface area contributed by atoms with Crippen LogP contribution in [-0.2, 0) is 0 Å². The first-order valence-corrected chi connectivity index (χ1v) is 6.89. The molecule has 1 rings (SSSR count). The minimum atomic E-state index is -0.0744. The van der Waals surface area contributed by atoms with Crippen molar-refractivity contribution in [2.75, 3.05) is 33.9 Å². The molecule has 0 fully saturated rings. The van der Waals surface area contributed by atoms with Crippen LogP contribution >= 0.6 is 0 Å². The maximum Gasteiger partial charge on any atom is 0.261 e. The molecule has 0 heterocycles. The summed E-state index contributed by atoms with van der Waals surface area (Å²) in [5, 5.41) is 0. The summed E-state index contributed by atoms with van der Waals surface area (Å²) in [6.07, 6.45) is 1.68. The Bertz CT molecular complexity index is 413. The predicted octanol–water partition coefficient (Wildman–Crippen LogP) is 1.90. The zero-order valence-electron chi connectivity index (χ0n) is 12.5. The van der Waals surface area contributed by atoms with E-state index in [9.17, 15) is 4.79 Å². The van der Waals surface area contributed by atoms with E-state index in [1.807, 2.05) is 6.92 Å². The second-order valence-corrected chi connectivity index (χ2v) is 4.47. The van der Waals surface area contributed by atoms with Crippen LogP contribution in [0.4, 0.5) is 0 Å². The molecule has 0 saturated carbocycles. The number of carbonyl (C=O) groups excluding carboxylic acids is 1. The Morgan fingerprint density at radius 1 is 1.20 bits per heavy atom. The second kappa shape index (κ2) is 8.43. The number of benzene rings is 1. The average Bonchev–Trinajstić information content (AvgIpc) is 2.49. The molecular formula is C15H24N2O3. The Morgan fingerprint density at radius 2 is 1.80 bits per heavy atom. The molecule has 20 heavy (non-hydrogen) atoms. The molecule has 1 amide bonds. The quantitative estimate of drug-likeness (QED) is 0.790. The zero-order chi connectivity index (χ0) is 15.0. The maximum atomic E-state index is 12.7. The highest BCUT2D eigenvalue weighted by atomic mass is 16.5. The average molecular weight is 280 g/mol. The molecule has 0 bridgehead atoms. The third-order valence-electron chi connectivity index (χ3n) is 3.05. The van der Waals surface area contributed by atoms with E-state index in [4.69, 9.17) is 15.2 Å². The van der Waals surface area contributed by atoms with Crippen molar-refractivity contribution in [1.82, 2.24) is 4.90 Å². The number of hydrogen-bond donors (Lipinski definition) is 1. The van der Waals surface area contributed by atoms with Gasteiger partial charge >= 0.3 is 0 Å². The lowest BCUT2D eigenvalue weighted by atomic mass is 10.1. The minimum absolute atomic E-state index is 0.0744. The summed E-state index contributed by atoms with van der Waals surface area (Å²) in [7, 11) is 3.10. The van der Waals surface area contributed by atoms with E-state index in [0.717, 1.165) is 12.8 Å². The molecule has 0 radical (unpaired) electrons. The molecule has 0 unspecified atom stereocenters. The molecule has 0 aliphatic carbocycles. The van der Waals surface area contributed by atoms with Gasteiger partial charge in [-0.3, -0.25) is 4.79 Å². The molecule has 1 aromatic rings. The van der Waals surface area contributed by atoms with Crippen molar-refractivity contribution >= 4 is 5.91 Å². The Kier molecular flexibility index (Phi) is 6.87. The van der Waals surface area contributed by atoms with Gasteiger partial charge in [0.05, 0.1) is 14.2 Å². The Hall–Kier alpha value is -1.75. The number of rotatable bonds is 8. The van der Waals surface area contributed by atoms with E-state index < -0.39 is 0 Å². The summed E-state index contributed by atoms with van der Waals surface area (Å²) in [4.78, 5) is 14.5. The van der Waals surface area contributed by atoms with Gasteiger partial charge in [-0.05, 0) is 31.5 Å². The maximum absolute atomic E-state index is 12.7. The van der Waals surface area contributed by atoms with E-state index in [1.54, 1.807) is 37.3 Å². The van der Waals surface area contributed by atoms with Crippen LogP contribution < -0.4 is 15.2 Å². The van der Waals surface area contributed by atoms with Gasteiger partial charge in [0.15, 0.2) is 0 Å². The SMILES string of the molecule is CCCN(CCCN)C(=O)c1c(OC)cccc1OC. The lowest BCUT2D eigenvalue weighted by molar-refractivity contribution is 0.0747. The fourth-order valence-corrected chi connectivity index (χ4v) is 2.09. The fourth-order valence-electron chi connectivity index (χ4n) is 2.09. The summed E-state index contributed by atoms with van der Waals surface area (Å²) in [6.45, 7) is 3.95. The molecule has 5 nitrogen and oxygen atoms in total. The molecule has 0 aromatic heterocycles. The number of amides is 1. The number of carbonyl (C=O) groups is 1. The first-order valence-electron chi connectivity index (χ1n) is 6.89. The number of nitrogens with two attached hydrogens (primary N) is 1. The molecule has 1 aromatic carbocycles. The summed E-state index contributed by atoms with van der Waals surface area (Å²) in [5.74, 6) is 0.987. The van der Waals surface area contributed by atoms with Gasteiger partial charge in [0.25, 0.3) is 5.91 Å². The van der Waals surface area contributed by atoms with Gasteiger partial charge in [0.2, 0.25) is 0 Å². The Morgan fingerprint density at radius 3 is 2.25 bits per heavy atom. The number of hydrogen-bond acceptors (Lipinski definition) is 4. The van der Waals surface area contributed by atoms with Crippen molar-refractivity contribution in [3.8, 4) is 11.5 Å². The molecule has 0 saturated heterocycles. The predicted molar refractivity (Wildman–Crippen MR) is 79.4 cm³/mol. The van der Waals surface area contributed by atoms with E-state index in [2.05, 4.69) is 0 Å². The van der Waals surface area contributed by atoms with Crippen LogP contribution in [-0.4, -0.2) is 44.7 Å². The first kappa shape index (κ1) is 16.3. The molecule has 0 aliphatic heterocycles. The van der Waals surface area contributed by atoms with Gasteiger partial charge in [-0.15, -0.1) is 0 Å². The van der Waals surface area contributed by atoms with Gasteiger partial charge in [-0.1, -0.05) is 13.0 Å². The second-order valence-electron chi connectivity index (χ2n) is 4.47. The van der Waals surface area contributed by atoms with Gasteiger partial charge < -0.3 is 20.1 Å². The number of ether oxygens (including phenoxy) is 2. The van der Waals surface area contributed by atoms with Crippen molar-refractivity contribution in [3.63, 3.8) is 0 Å². The summed E-state index contributed by atoms with van der Waals surface area (Å²) in [6, 6.07) is 5.34. The Balaban J connectivity index is 3.09. The van der Waals surface area contributed by atoms with Crippen molar-refractivity contribution in [2.45, 2.75) is 19.8 Å². The van der Waals surface area contributed by atoms with E-state index in [0.29, 0.717) is 36.7 Å². The molecule has 0 atom stereocenters. The molecular weight excluding hydrogens is 256 g/mol. The van der Waals surface area contributed by atoms with Crippen LogP contribution in [0.25, 0.3) is 0 Å². The normalized spacial score (nSPS) is 10.2. The van der Waals surface area contributed by atoms with Crippen LogP contribution in [0.15, 0.2) is 18.2 Å². The van der Waals surface area contributed by atoms with Gasteiger partial charge in [0, 0.05) is 13.1 Å². The van der Waals surface area contributed by atoms with Crippen molar-refractivity contribution in [3.05, 3.63) is 23.8 Å². The van der Waals surface area contributed by atoms with Gasteiger partial charge in [-0.2, -0.15) is 0 Å². The van der Waals surface area contributed by atoms with Crippen molar-refractivity contribution in [2.24, 2.45) is 5.73 Å². The zero-order valence-corrected chi connectivity index (χ0v) is 12.5. The molecule has 112 valence electrons. The lowest BCUT2D eigenvalue weighted by Crippen LogP contribution is -2.34. The topological polar surface area (TPSA) is 64.8 Å². The first-order chi connectivity index (χ1) is 9.69. The highest BCUT2D eigenvalue weighted by molar-refractivity contribution is 5.99. The van der Waals surface area contributed by atoms with Gasteiger partial charge in [-0.25, -0.2) is 0 Å². The largest absolute Gasteiger partial charge is 0.496 e. The monoisotopic (exact) mass is 280 g/mol. The van der Waals surface area contributed by atoms with Crippen LogP contribution in [0.5, 0.6) is 11.5 Å². The Labute approximate surface area is 120 Å². The van der Waals surface area contributed by atoms with Gasteiger partial charge in [0.1, 0.15) is 17.1 Å². The third-order valence-corrected chi connectivity index (χ3v) is 3.05. The smallest absolute Gasteiger partial charge is 0.261 e. The fraction of sp³-hybridized carbons (Fsp3) is 0.533. The summed E-state index contributed by atoms with van der Waals surface area (Å²) in [5.41, 5.74) is 6.01. The molecule has 0 aliphatic rings. The molecule has 5 heteroatoms. The summed E-state index contributed by atoms with van der Waals surface area (Å²) >= 11 is 0. The lowest BCUT2D eigenvalue weighted by Gasteiger charge is -2.24. The highest BCUT2D eigenvalue weighted by Gasteiger charge is 2.22. The van der Waals surface area contributed by atoms with Crippen LogP contribution in [0.1, 0.15) is 30.1 Å². The van der Waals surface area contributed by atoms with Crippen LogP contribution in [0, 0.1) is 0 Å². The van der Waals surface area contributed by atoms with E-state index >= 15 is 0 Å². The molecule has 0 spiro atoms. The third kappa shape index (κ3) is 3.87. The molecule has 2 N–H and O–H groups in total. The van der Waals surface area contributed by atoms with Crippen molar-refractivity contribution < 1.29 is 14.3 Å². The standard InChI is InChI=1S/C15H24N2O3/c1-4-10-17(11-6-9-16)15(18)14-12(19-2)7-5-8-13(14)20-3/h5,7-8H,4,6,9-11,16H2,1-3H3.